The van der Waals surface area contributed by atoms with E-state index in [9.17, 15) is 0 Å². The van der Waals surface area contributed by atoms with E-state index >= 15 is 0 Å². The second-order valence-corrected chi connectivity index (χ2v) is 138. The molecule has 2 heterocycles. The first-order chi connectivity index (χ1) is 18.8. The lowest BCUT2D eigenvalue weighted by Gasteiger charge is -2.61. The fourth-order valence-electron chi connectivity index (χ4n) is 12.7. The molecule has 2 rings (SSSR count). The summed E-state index contributed by atoms with van der Waals surface area (Å²) in [5, 5.41) is 0. The van der Waals surface area contributed by atoms with E-state index in [2.05, 4.69) is 157 Å². The highest BCUT2D eigenvalue weighted by Gasteiger charge is 2.64. The Hall–Kier alpha value is 2.60. The molecule has 0 spiro atoms. The summed E-state index contributed by atoms with van der Waals surface area (Å²) in [6, 6.07) is 14.1. The second kappa shape index (κ2) is 13.3. The molecule has 0 aromatic carbocycles. The van der Waals surface area contributed by atoms with Gasteiger partial charge in [0.15, 0.2) is 0 Å². The Morgan fingerprint density at radius 1 is 0.182 bits per heavy atom. The van der Waals surface area contributed by atoms with Crippen LogP contribution in [0.15, 0.2) is 0 Å². The Balaban J connectivity index is 0.000000440. The summed E-state index contributed by atoms with van der Waals surface area (Å²) in [7, 11) is -11.7. The highest BCUT2D eigenvalue weighted by Crippen LogP contribution is 2.52. The minimum Gasteiger partial charge on any atom is -0.0717 e. The van der Waals surface area contributed by atoms with E-state index in [1.54, 1.807) is 48.4 Å². The first kappa shape index (κ1) is 44.6. The Kier molecular flexibility index (Phi) is 13.5. The first-order valence-corrected chi connectivity index (χ1v) is 64.5. The van der Waals surface area contributed by atoms with Crippen LogP contribution in [-0.2, 0) is 0 Å². The Morgan fingerprint density at radius 3 is 0.295 bits per heavy atom. The maximum atomic E-state index is 2.75. The maximum Gasteiger partial charge on any atom is 0.0411 e. The normalized spacial score (nSPS) is 23.5. The summed E-state index contributed by atoms with van der Waals surface area (Å²) in [6.45, 7) is 65.9. The van der Waals surface area contributed by atoms with E-state index in [1.165, 1.54) is 0 Å². The SMILES string of the molecule is C[Si](C)(C)[Si]1([Si](C)(C)C)CC[Si]([Si](C)(C)C)([Si](C)(C)C)CC1.C[Si](C)(C)[Si]1([Si](C)(C)C)CC[Si]([Si](C)(C)C)([Si](C)(C)C)CC1. The van der Waals surface area contributed by atoms with Crippen molar-refractivity contribution in [3.63, 3.8) is 0 Å². The lowest BCUT2D eigenvalue weighted by Crippen LogP contribution is -2.79. The molecule has 2 aliphatic heterocycles. The molecule has 0 radical (unpaired) electrons. The molecule has 0 aliphatic carbocycles. The van der Waals surface area contributed by atoms with Crippen LogP contribution in [0, 0.1) is 0 Å². The summed E-state index contributed by atoms with van der Waals surface area (Å²) >= 11 is 0. The lowest BCUT2D eigenvalue weighted by atomic mass is 10.9. The summed E-state index contributed by atoms with van der Waals surface area (Å²) < 4.78 is 0. The van der Waals surface area contributed by atoms with Gasteiger partial charge in [-0.25, -0.2) is 0 Å². The van der Waals surface area contributed by atoms with Crippen molar-refractivity contribution in [3.05, 3.63) is 0 Å². The molecule has 2 saturated heterocycles. The van der Waals surface area contributed by atoms with Gasteiger partial charge >= 0.3 is 0 Å². The first-order valence-electron chi connectivity index (χ1n) is 18.8. The predicted molar refractivity (Wildman–Crippen MR) is 248 cm³/mol. The molecule has 0 unspecified atom stereocenters. The van der Waals surface area contributed by atoms with Crippen LogP contribution in [0.2, 0.25) is 205 Å². The standard InChI is InChI=1S/2C16H44Si6/c2*1-17(2,3)21(18(4,5)6)13-15-22(16-14-21,19(7,8)9)20(10,11)12/h2*13-16H2,1-12H3. The molecule has 2 fully saturated rings. The van der Waals surface area contributed by atoms with Gasteiger partial charge in [0.05, 0.1) is 0 Å². The molecule has 264 valence electrons. The molecule has 0 atom stereocenters. The van der Waals surface area contributed by atoms with E-state index < -0.39 is 89.2 Å². The summed E-state index contributed by atoms with van der Waals surface area (Å²) in [6.07, 6.45) is 0. The lowest BCUT2D eigenvalue weighted by molar-refractivity contribution is 1.17. The van der Waals surface area contributed by atoms with Gasteiger partial charge in [0.2, 0.25) is 0 Å². The van der Waals surface area contributed by atoms with Crippen LogP contribution in [0.1, 0.15) is 0 Å². The van der Waals surface area contributed by atoms with Gasteiger partial charge in [-0.3, -0.25) is 0 Å². The van der Waals surface area contributed by atoms with Gasteiger partial charge in [0.1, 0.15) is 0 Å². The molecule has 0 saturated carbocycles. The largest absolute Gasteiger partial charge is 0.0717 e. The fourth-order valence-corrected chi connectivity index (χ4v) is 210. The van der Waals surface area contributed by atoms with Gasteiger partial charge in [-0.2, -0.15) is 0 Å². The topological polar surface area (TPSA) is 0 Å². The molecular weight excluding hydrogens is 721 g/mol. The quantitative estimate of drug-likeness (QED) is 0.214. The smallest absolute Gasteiger partial charge is 0.0411 e. The van der Waals surface area contributed by atoms with Crippen LogP contribution >= 0.6 is 0 Å². The zero-order valence-corrected chi connectivity index (χ0v) is 47.7. The van der Waals surface area contributed by atoms with Gasteiger partial charge in [0.25, 0.3) is 0 Å². The third-order valence-corrected chi connectivity index (χ3v) is 184. The van der Waals surface area contributed by atoms with Crippen molar-refractivity contribution in [1.82, 2.24) is 0 Å². The minimum absolute atomic E-state index is 0.969. The monoisotopic (exact) mass is 808 g/mol. The molecule has 2 aliphatic rings. The zero-order chi connectivity index (χ0) is 35.7. The molecule has 0 nitrogen and oxygen atoms in total. The van der Waals surface area contributed by atoms with E-state index in [1.807, 2.05) is 0 Å². The van der Waals surface area contributed by atoms with Crippen molar-refractivity contribution >= 4 is 89.2 Å². The van der Waals surface area contributed by atoms with Gasteiger partial charge in [-0.05, 0) is 0 Å². The van der Waals surface area contributed by atoms with Crippen LogP contribution in [0.25, 0.3) is 0 Å². The van der Waals surface area contributed by atoms with E-state index in [-0.39, 0.29) is 0 Å². The minimum atomic E-state index is -0.975. The Morgan fingerprint density at radius 2 is 0.250 bits per heavy atom. The zero-order valence-electron chi connectivity index (χ0n) is 35.7. The van der Waals surface area contributed by atoms with Gasteiger partial charge in [-0.1, -0.05) is 205 Å². The molecule has 0 amide bonds. The summed E-state index contributed by atoms with van der Waals surface area (Å²) in [4.78, 5) is 0. The van der Waals surface area contributed by atoms with E-state index in [4.69, 9.17) is 0 Å². The summed E-state index contributed by atoms with van der Waals surface area (Å²) in [5.41, 5.74) is 0. The fraction of sp³-hybridized carbons (Fsp3) is 1.00. The van der Waals surface area contributed by atoms with Gasteiger partial charge < -0.3 is 0 Å². The molecule has 12 heteroatoms. The van der Waals surface area contributed by atoms with Gasteiger partial charge in [0, 0.05) is 89.2 Å². The van der Waals surface area contributed by atoms with Crippen LogP contribution in [0.5, 0.6) is 0 Å². The maximum absolute atomic E-state index is 2.75. The summed E-state index contributed by atoms with van der Waals surface area (Å²) in [5.74, 6) is 0. The van der Waals surface area contributed by atoms with Crippen molar-refractivity contribution in [2.75, 3.05) is 0 Å². The predicted octanol–water partition coefficient (Wildman–Crippen LogP) is 13.1. The third-order valence-electron chi connectivity index (χ3n) is 15.4. The van der Waals surface area contributed by atoms with Crippen LogP contribution in [0.3, 0.4) is 0 Å². The van der Waals surface area contributed by atoms with Crippen LogP contribution in [-0.4, -0.2) is 89.2 Å². The van der Waals surface area contributed by atoms with E-state index in [0.717, 1.165) is 0 Å². The van der Waals surface area contributed by atoms with Crippen molar-refractivity contribution in [2.24, 2.45) is 0 Å². The van der Waals surface area contributed by atoms with Crippen molar-refractivity contribution in [1.29, 1.82) is 0 Å². The van der Waals surface area contributed by atoms with Crippen molar-refractivity contribution in [2.45, 2.75) is 205 Å². The molecular formula is C32H88Si12. The van der Waals surface area contributed by atoms with Crippen molar-refractivity contribution in [3.8, 4) is 0 Å². The number of hydrogen-bond donors (Lipinski definition) is 0. The highest BCUT2D eigenvalue weighted by molar-refractivity contribution is 7.74. The van der Waals surface area contributed by atoms with Crippen molar-refractivity contribution < 1.29 is 0 Å². The molecule has 44 heavy (non-hydrogen) atoms. The molecule has 0 N–H and O–H groups in total. The average Bonchev–Trinajstić information content (AvgIpc) is 2.73. The second-order valence-electron chi connectivity index (χ2n) is 24.3. The number of rotatable bonds is 8. The molecule has 0 aromatic rings. The Bertz CT molecular complexity index is 725. The Labute approximate surface area is 292 Å². The highest BCUT2D eigenvalue weighted by atomic mass is 29.7. The van der Waals surface area contributed by atoms with Crippen LogP contribution in [0.4, 0.5) is 0 Å². The molecule has 0 bridgehead atoms. The number of hydrogen-bond acceptors (Lipinski definition) is 0. The average molecular weight is 810 g/mol. The third kappa shape index (κ3) is 8.06. The van der Waals surface area contributed by atoms with E-state index in [0.29, 0.717) is 0 Å². The van der Waals surface area contributed by atoms with Gasteiger partial charge in [-0.15, -0.1) is 0 Å². The van der Waals surface area contributed by atoms with Crippen LogP contribution < -0.4 is 0 Å². The molecule has 0 aromatic heterocycles.